The number of carbonyl (C=O) groups is 1. The molecule has 3 N–H and O–H groups in total. The number of hydrogen-bond acceptors (Lipinski definition) is 8. The molecular weight excluding hydrogens is 523 g/mol. The zero-order valence-corrected chi connectivity index (χ0v) is 22.5. The minimum Gasteiger partial charge on any atom is -0.457 e. The number of anilines is 1. The van der Waals surface area contributed by atoms with Crippen LogP contribution in [0.25, 0.3) is 22.3 Å². The van der Waals surface area contributed by atoms with Gasteiger partial charge in [0.25, 0.3) is 5.91 Å². The summed E-state index contributed by atoms with van der Waals surface area (Å²) in [5.74, 6) is 0.292. The molecule has 1 atom stereocenters. The number of nitrogens with one attached hydrogen (secondary N) is 1. The van der Waals surface area contributed by atoms with E-state index < -0.39 is 5.82 Å². The van der Waals surface area contributed by atoms with Gasteiger partial charge in [-0.1, -0.05) is 18.2 Å². The van der Waals surface area contributed by atoms with Crippen LogP contribution in [0, 0.1) is 17.1 Å². The number of para-hydroxylation sites is 1. The molecule has 1 amide bonds. The second-order valence-electron chi connectivity index (χ2n) is 10.4. The van der Waals surface area contributed by atoms with E-state index in [1.165, 1.54) is 12.4 Å². The number of carbonyl (C=O) groups excluding carboxylic acids is 1. The summed E-state index contributed by atoms with van der Waals surface area (Å²) in [7, 11) is 1.84. The van der Waals surface area contributed by atoms with Crippen LogP contribution in [0.2, 0.25) is 0 Å². The van der Waals surface area contributed by atoms with Gasteiger partial charge in [0.15, 0.2) is 5.65 Å². The molecule has 1 aliphatic carbocycles. The van der Waals surface area contributed by atoms with Crippen molar-refractivity contribution in [2.45, 2.75) is 43.8 Å². The van der Waals surface area contributed by atoms with E-state index in [9.17, 15) is 10.1 Å². The molecule has 10 nitrogen and oxygen atoms in total. The van der Waals surface area contributed by atoms with Gasteiger partial charge in [0, 0.05) is 23.7 Å². The number of halogens is 1. The number of likely N-dealkylation sites (N-methyl/N-ethyl adjacent to an activating group) is 1. The Labute approximate surface area is 236 Å². The SMILES string of the molecule is CNC1(/C=C(\C#N)C(=O)N2CCC[C@@H]2Cn2nc(-c3ccc(Oc4ccccc4)cc3F)c3c(N)ncnc32)CC1. The van der Waals surface area contributed by atoms with E-state index in [4.69, 9.17) is 15.6 Å². The van der Waals surface area contributed by atoms with Crippen molar-refractivity contribution in [3.63, 3.8) is 0 Å². The van der Waals surface area contributed by atoms with Gasteiger partial charge in [0.05, 0.1) is 18.0 Å². The summed E-state index contributed by atoms with van der Waals surface area (Å²) >= 11 is 0. The Morgan fingerprint density at radius 1 is 1.24 bits per heavy atom. The van der Waals surface area contributed by atoms with Crippen molar-refractivity contribution in [3.8, 4) is 28.8 Å². The first-order valence-electron chi connectivity index (χ1n) is 13.5. The van der Waals surface area contributed by atoms with Crippen LogP contribution in [-0.4, -0.2) is 55.7 Å². The van der Waals surface area contributed by atoms with E-state index in [2.05, 4.69) is 21.4 Å². The predicted octanol–water partition coefficient (Wildman–Crippen LogP) is 4.20. The number of benzene rings is 2. The van der Waals surface area contributed by atoms with Gasteiger partial charge in [-0.25, -0.2) is 19.0 Å². The smallest absolute Gasteiger partial charge is 0.264 e. The molecule has 2 aromatic carbocycles. The number of likely N-dealkylation sites (tertiary alicyclic amines) is 1. The van der Waals surface area contributed by atoms with Gasteiger partial charge < -0.3 is 20.7 Å². The third kappa shape index (κ3) is 5.10. The maximum atomic E-state index is 15.5. The zero-order chi connectivity index (χ0) is 28.6. The van der Waals surface area contributed by atoms with Gasteiger partial charge in [-0.3, -0.25) is 4.79 Å². The quantitative estimate of drug-likeness (QED) is 0.245. The number of aromatic nitrogens is 4. The number of nitriles is 1. The molecular formula is C30H29FN8O2. The summed E-state index contributed by atoms with van der Waals surface area (Å²) in [4.78, 5) is 23.7. The Balaban J connectivity index is 1.31. The normalized spacial score (nSPS) is 17.9. The second kappa shape index (κ2) is 10.6. The summed E-state index contributed by atoms with van der Waals surface area (Å²) in [5.41, 5.74) is 7.09. The van der Waals surface area contributed by atoms with Crippen molar-refractivity contribution < 1.29 is 13.9 Å². The van der Waals surface area contributed by atoms with Crippen LogP contribution in [0.3, 0.4) is 0 Å². The van der Waals surface area contributed by atoms with Gasteiger partial charge in [-0.15, -0.1) is 0 Å². The van der Waals surface area contributed by atoms with Crippen molar-refractivity contribution in [3.05, 3.63) is 72.3 Å². The molecule has 1 saturated heterocycles. The molecule has 0 bridgehead atoms. The standard InChI is InChI=1S/C30H29FN8O2/c1-34-30(11-12-30)15-19(16-32)29(40)38-13-5-6-20(38)17-39-28-25(27(33)35-18-36-28)26(37-39)23-10-9-22(14-24(23)31)41-21-7-3-2-4-8-21/h2-4,7-10,14-15,18,20,34H,5-6,11-13,17H2,1H3,(H2,33,35,36)/b19-15+/t20-/m1/s1. The van der Waals surface area contributed by atoms with E-state index in [0.29, 0.717) is 41.3 Å². The molecule has 1 aliphatic heterocycles. The lowest BCUT2D eigenvalue weighted by Gasteiger charge is -2.25. The average molecular weight is 553 g/mol. The Morgan fingerprint density at radius 2 is 2.05 bits per heavy atom. The fourth-order valence-corrected chi connectivity index (χ4v) is 5.39. The Kier molecular flexibility index (Phi) is 6.85. The number of nitrogen functional groups attached to an aromatic ring is 1. The Bertz CT molecular complexity index is 1690. The molecule has 2 aromatic heterocycles. The van der Waals surface area contributed by atoms with Crippen LogP contribution in [0.1, 0.15) is 25.7 Å². The van der Waals surface area contributed by atoms with Gasteiger partial charge in [0.1, 0.15) is 46.8 Å². The van der Waals surface area contributed by atoms with Gasteiger partial charge >= 0.3 is 0 Å². The minimum atomic E-state index is -0.534. The van der Waals surface area contributed by atoms with Crippen molar-refractivity contribution >= 4 is 22.8 Å². The number of amides is 1. The Morgan fingerprint density at radius 3 is 2.76 bits per heavy atom. The first kappa shape index (κ1) is 26.4. The maximum absolute atomic E-state index is 15.5. The molecule has 0 spiro atoms. The molecule has 2 fully saturated rings. The number of ether oxygens (including phenoxy) is 1. The molecule has 2 aliphatic rings. The fraction of sp³-hybridized carbons (Fsp3) is 0.300. The lowest BCUT2D eigenvalue weighted by Crippen LogP contribution is -2.39. The van der Waals surface area contributed by atoms with Crippen molar-refractivity contribution in [1.29, 1.82) is 5.26 Å². The van der Waals surface area contributed by atoms with Gasteiger partial charge in [-0.2, -0.15) is 10.4 Å². The molecule has 1 saturated carbocycles. The van der Waals surface area contributed by atoms with E-state index in [0.717, 1.165) is 25.7 Å². The van der Waals surface area contributed by atoms with Crippen molar-refractivity contribution in [1.82, 2.24) is 30.0 Å². The van der Waals surface area contributed by atoms with Crippen LogP contribution in [-0.2, 0) is 11.3 Å². The molecule has 4 aromatic rings. The maximum Gasteiger partial charge on any atom is 0.264 e. The van der Waals surface area contributed by atoms with E-state index in [-0.39, 0.29) is 34.4 Å². The topological polar surface area (TPSA) is 135 Å². The van der Waals surface area contributed by atoms with Gasteiger partial charge in [-0.05, 0) is 63.1 Å². The fourth-order valence-electron chi connectivity index (χ4n) is 5.39. The van der Waals surface area contributed by atoms with Gasteiger partial charge in [0.2, 0.25) is 0 Å². The monoisotopic (exact) mass is 552 g/mol. The van der Waals surface area contributed by atoms with Crippen LogP contribution in [0.5, 0.6) is 11.5 Å². The summed E-state index contributed by atoms with van der Waals surface area (Å²) in [6, 6.07) is 15.6. The number of fused-ring (bicyclic) bond motifs is 1. The predicted molar refractivity (Wildman–Crippen MR) is 151 cm³/mol. The number of nitrogens with zero attached hydrogens (tertiary/aromatic N) is 6. The number of hydrogen-bond donors (Lipinski definition) is 2. The van der Waals surface area contributed by atoms with Crippen molar-refractivity contribution in [2.75, 3.05) is 19.3 Å². The molecule has 0 unspecified atom stereocenters. The molecule has 0 radical (unpaired) electrons. The lowest BCUT2D eigenvalue weighted by molar-refractivity contribution is -0.127. The molecule has 3 heterocycles. The van der Waals surface area contributed by atoms with Crippen LogP contribution in [0.15, 0.2) is 66.5 Å². The first-order chi connectivity index (χ1) is 19.9. The summed E-state index contributed by atoms with van der Waals surface area (Å²) in [6.45, 7) is 0.848. The third-order valence-electron chi connectivity index (χ3n) is 7.81. The van der Waals surface area contributed by atoms with Crippen LogP contribution in [0.4, 0.5) is 10.2 Å². The summed E-state index contributed by atoms with van der Waals surface area (Å²) in [5, 5.41) is 18.1. The first-order valence-corrected chi connectivity index (χ1v) is 13.5. The van der Waals surface area contributed by atoms with Crippen LogP contribution >= 0.6 is 0 Å². The lowest BCUT2D eigenvalue weighted by atomic mass is 10.1. The average Bonchev–Trinajstić information content (AvgIpc) is 3.44. The highest BCUT2D eigenvalue weighted by Crippen LogP contribution is 2.38. The van der Waals surface area contributed by atoms with Crippen molar-refractivity contribution in [2.24, 2.45) is 0 Å². The highest BCUT2D eigenvalue weighted by molar-refractivity contribution is 5.99. The van der Waals surface area contributed by atoms with E-state index in [1.54, 1.807) is 39.9 Å². The van der Waals surface area contributed by atoms with E-state index >= 15 is 4.39 Å². The number of nitrogens with two attached hydrogens (primary N) is 1. The molecule has 208 valence electrons. The zero-order valence-electron chi connectivity index (χ0n) is 22.5. The molecule has 11 heteroatoms. The van der Waals surface area contributed by atoms with E-state index in [1.807, 2.05) is 25.2 Å². The summed E-state index contributed by atoms with van der Waals surface area (Å²) < 4.78 is 22.9. The molecule has 6 rings (SSSR count). The minimum absolute atomic E-state index is 0.140. The third-order valence-corrected chi connectivity index (χ3v) is 7.81. The molecule has 41 heavy (non-hydrogen) atoms. The highest BCUT2D eigenvalue weighted by Gasteiger charge is 2.41. The number of rotatable bonds is 8. The largest absolute Gasteiger partial charge is 0.457 e. The second-order valence-corrected chi connectivity index (χ2v) is 10.4. The summed E-state index contributed by atoms with van der Waals surface area (Å²) in [6.07, 6.45) is 6.42. The Hall–Kier alpha value is -4.82. The van der Waals surface area contributed by atoms with Crippen LogP contribution < -0.4 is 15.8 Å². The highest BCUT2D eigenvalue weighted by atomic mass is 19.1.